The summed E-state index contributed by atoms with van der Waals surface area (Å²) in [5.74, 6) is 2.11. The second kappa shape index (κ2) is 7.03. The van der Waals surface area contributed by atoms with E-state index in [0.717, 1.165) is 17.8 Å². The van der Waals surface area contributed by atoms with Gasteiger partial charge in [0.05, 0.1) is 19.9 Å². The van der Waals surface area contributed by atoms with E-state index in [4.69, 9.17) is 21.7 Å². The van der Waals surface area contributed by atoms with Crippen LogP contribution in [-0.2, 0) is 6.42 Å². The Labute approximate surface area is 128 Å². The number of benzene rings is 1. The minimum absolute atomic E-state index is 0.461. The quantitative estimate of drug-likeness (QED) is 0.658. The van der Waals surface area contributed by atoms with Crippen LogP contribution in [0.25, 0.3) is 0 Å². The van der Waals surface area contributed by atoms with E-state index in [-0.39, 0.29) is 0 Å². The van der Waals surface area contributed by atoms with Gasteiger partial charge in [0.1, 0.15) is 0 Å². The van der Waals surface area contributed by atoms with E-state index < -0.39 is 0 Å². The molecule has 0 spiro atoms. The summed E-state index contributed by atoms with van der Waals surface area (Å²) in [6.45, 7) is 4.50. The molecule has 7 heteroatoms. The molecule has 2 aromatic rings. The van der Waals surface area contributed by atoms with Crippen molar-refractivity contribution in [3.05, 3.63) is 34.4 Å². The molecule has 0 bridgehead atoms. The van der Waals surface area contributed by atoms with E-state index >= 15 is 0 Å². The fourth-order valence-electron chi connectivity index (χ4n) is 1.91. The van der Waals surface area contributed by atoms with Gasteiger partial charge in [0.15, 0.2) is 17.3 Å². The third-order valence-electron chi connectivity index (χ3n) is 2.86. The van der Waals surface area contributed by atoms with Gasteiger partial charge in [-0.05, 0) is 31.3 Å². The Hall–Kier alpha value is -2.15. The van der Waals surface area contributed by atoms with Crippen molar-refractivity contribution < 1.29 is 9.47 Å². The molecule has 0 saturated carbocycles. The SMILES string of the molecule is CCOc1cccc(/C=N\n2c(CC)n[nH]c2=S)c1OC. The van der Waals surface area contributed by atoms with Crippen molar-refractivity contribution in [2.24, 2.45) is 5.10 Å². The molecular weight excluding hydrogens is 288 g/mol. The average molecular weight is 306 g/mol. The van der Waals surface area contributed by atoms with Gasteiger partial charge in [-0.2, -0.15) is 14.9 Å². The maximum absolute atomic E-state index is 5.54. The smallest absolute Gasteiger partial charge is 0.216 e. The van der Waals surface area contributed by atoms with E-state index in [1.807, 2.05) is 32.0 Å². The Bertz CT molecular complexity index is 691. The van der Waals surface area contributed by atoms with E-state index in [1.54, 1.807) is 18.0 Å². The molecule has 0 radical (unpaired) electrons. The van der Waals surface area contributed by atoms with Crippen LogP contribution in [0.3, 0.4) is 0 Å². The standard InChI is InChI=1S/C14H18N4O2S/c1-4-12-16-17-14(21)18(12)15-9-10-7-6-8-11(20-5-2)13(10)19-3/h6-9H,4-5H2,1-3H3,(H,17,21)/b15-9-. The number of hydrogen-bond acceptors (Lipinski definition) is 5. The minimum Gasteiger partial charge on any atom is -0.492 e. The molecule has 1 N–H and O–H groups in total. The highest BCUT2D eigenvalue weighted by Gasteiger charge is 2.08. The zero-order valence-corrected chi connectivity index (χ0v) is 13.1. The average Bonchev–Trinajstić information content (AvgIpc) is 2.85. The van der Waals surface area contributed by atoms with Crippen LogP contribution < -0.4 is 9.47 Å². The molecule has 0 saturated heterocycles. The van der Waals surface area contributed by atoms with E-state index in [9.17, 15) is 0 Å². The van der Waals surface area contributed by atoms with Gasteiger partial charge in [-0.1, -0.05) is 13.0 Å². The van der Waals surface area contributed by atoms with Gasteiger partial charge in [0.25, 0.3) is 0 Å². The molecule has 0 atom stereocenters. The molecule has 21 heavy (non-hydrogen) atoms. The second-order valence-corrected chi connectivity index (χ2v) is 4.55. The van der Waals surface area contributed by atoms with Crippen molar-refractivity contribution in [1.82, 2.24) is 14.9 Å². The summed E-state index contributed by atoms with van der Waals surface area (Å²) >= 11 is 5.16. The second-order valence-electron chi connectivity index (χ2n) is 4.17. The molecule has 0 aliphatic carbocycles. The predicted octanol–water partition coefficient (Wildman–Crippen LogP) is 2.79. The number of aryl methyl sites for hydroxylation is 1. The van der Waals surface area contributed by atoms with E-state index in [2.05, 4.69) is 15.3 Å². The predicted molar refractivity (Wildman–Crippen MR) is 83.9 cm³/mol. The van der Waals surface area contributed by atoms with E-state index in [1.165, 1.54) is 0 Å². The Balaban J connectivity index is 2.39. The lowest BCUT2D eigenvalue weighted by molar-refractivity contribution is 0.310. The Kier molecular flexibility index (Phi) is 5.10. The molecular formula is C14H18N4O2S. The van der Waals surface area contributed by atoms with Gasteiger partial charge in [0, 0.05) is 12.0 Å². The highest BCUT2D eigenvalue weighted by atomic mass is 32.1. The van der Waals surface area contributed by atoms with Gasteiger partial charge in [-0.25, -0.2) is 0 Å². The number of para-hydroxylation sites is 1. The van der Waals surface area contributed by atoms with Crippen LogP contribution in [-0.4, -0.2) is 34.8 Å². The first-order valence-corrected chi connectivity index (χ1v) is 7.12. The number of ether oxygens (including phenoxy) is 2. The lowest BCUT2D eigenvalue weighted by Gasteiger charge is -2.11. The molecule has 0 fully saturated rings. The fourth-order valence-corrected chi connectivity index (χ4v) is 2.11. The van der Waals surface area contributed by atoms with Crippen molar-refractivity contribution in [2.45, 2.75) is 20.3 Å². The monoisotopic (exact) mass is 306 g/mol. The van der Waals surface area contributed by atoms with Crippen LogP contribution in [0.1, 0.15) is 25.2 Å². The maximum atomic E-state index is 5.54. The number of aromatic nitrogens is 3. The normalized spacial score (nSPS) is 11.0. The van der Waals surface area contributed by atoms with Gasteiger partial charge in [0.2, 0.25) is 4.77 Å². The van der Waals surface area contributed by atoms with Crippen molar-refractivity contribution in [2.75, 3.05) is 13.7 Å². The zero-order chi connectivity index (χ0) is 15.2. The van der Waals surface area contributed by atoms with Gasteiger partial charge >= 0.3 is 0 Å². The van der Waals surface area contributed by atoms with Crippen LogP contribution in [0.15, 0.2) is 23.3 Å². The molecule has 1 heterocycles. The topological polar surface area (TPSA) is 64.4 Å². The summed E-state index contributed by atoms with van der Waals surface area (Å²) in [4.78, 5) is 0. The van der Waals surface area contributed by atoms with Gasteiger partial charge in [-0.15, -0.1) is 0 Å². The molecule has 112 valence electrons. The number of H-pyrrole nitrogens is 1. The summed E-state index contributed by atoms with van der Waals surface area (Å²) in [5.41, 5.74) is 0.814. The number of aromatic amines is 1. The summed E-state index contributed by atoms with van der Waals surface area (Å²) in [5, 5.41) is 11.2. The zero-order valence-electron chi connectivity index (χ0n) is 12.3. The molecule has 1 aromatic heterocycles. The highest BCUT2D eigenvalue weighted by Crippen LogP contribution is 2.29. The number of methoxy groups -OCH3 is 1. The third-order valence-corrected chi connectivity index (χ3v) is 3.12. The summed E-state index contributed by atoms with van der Waals surface area (Å²) in [6, 6.07) is 5.66. The Morgan fingerprint density at radius 3 is 2.90 bits per heavy atom. The molecule has 0 aliphatic heterocycles. The van der Waals surface area contributed by atoms with Crippen molar-refractivity contribution >= 4 is 18.4 Å². The summed E-state index contributed by atoms with van der Waals surface area (Å²) in [7, 11) is 1.61. The van der Waals surface area contributed by atoms with Crippen LogP contribution in [0.2, 0.25) is 0 Å². The summed E-state index contributed by atoms with van der Waals surface area (Å²) < 4.78 is 13.0. The number of nitrogens with zero attached hydrogens (tertiary/aromatic N) is 3. The van der Waals surface area contributed by atoms with E-state index in [0.29, 0.717) is 22.9 Å². The number of nitrogens with one attached hydrogen (secondary N) is 1. The molecule has 0 aliphatic rings. The fraction of sp³-hybridized carbons (Fsp3) is 0.357. The number of rotatable bonds is 6. The lowest BCUT2D eigenvalue weighted by atomic mass is 10.2. The van der Waals surface area contributed by atoms with Crippen LogP contribution in [0.4, 0.5) is 0 Å². The lowest BCUT2D eigenvalue weighted by Crippen LogP contribution is -2.00. The molecule has 2 rings (SSSR count). The Morgan fingerprint density at radius 1 is 1.43 bits per heavy atom. The molecule has 6 nitrogen and oxygen atoms in total. The summed E-state index contributed by atoms with van der Waals surface area (Å²) in [6.07, 6.45) is 2.42. The Morgan fingerprint density at radius 2 is 2.24 bits per heavy atom. The van der Waals surface area contributed by atoms with Crippen LogP contribution in [0, 0.1) is 4.77 Å². The van der Waals surface area contributed by atoms with Gasteiger partial charge < -0.3 is 9.47 Å². The first-order chi connectivity index (χ1) is 10.2. The van der Waals surface area contributed by atoms with Gasteiger partial charge in [-0.3, -0.25) is 5.10 Å². The maximum Gasteiger partial charge on any atom is 0.216 e. The molecule has 0 amide bonds. The molecule has 0 unspecified atom stereocenters. The van der Waals surface area contributed by atoms with Crippen molar-refractivity contribution in [3.8, 4) is 11.5 Å². The van der Waals surface area contributed by atoms with Crippen molar-refractivity contribution in [1.29, 1.82) is 0 Å². The first-order valence-electron chi connectivity index (χ1n) is 6.71. The minimum atomic E-state index is 0.461. The third kappa shape index (κ3) is 3.30. The highest BCUT2D eigenvalue weighted by molar-refractivity contribution is 7.71. The first kappa shape index (κ1) is 15.2. The largest absolute Gasteiger partial charge is 0.492 e. The van der Waals surface area contributed by atoms with Crippen molar-refractivity contribution in [3.63, 3.8) is 0 Å². The molecule has 1 aromatic carbocycles. The number of hydrogen-bond donors (Lipinski definition) is 1. The van der Waals surface area contributed by atoms with Crippen LogP contribution >= 0.6 is 12.2 Å². The van der Waals surface area contributed by atoms with Crippen LogP contribution in [0.5, 0.6) is 11.5 Å².